The van der Waals surface area contributed by atoms with Gasteiger partial charge in [0.05, 0.1) is 0 Å². The number of fused-ring (bicyclic) bond motifs is 1. The predicted molar refractivity (Wildman–Crippen MR) is 73.9 cm³/mol. The summed E-state index contributed by atoms with van der Waals surface area (Å²) in [6.07, 6.45) is 7.72. The predicted octanol–water partition coefficient (Wildman–Crippen LogP) is 4.24. The molecule has 1 N–H and O–H groups in total. The molecule has 18 heavy (non-hydrogen) atoms. The van der Waals surface area contributed by atoms with Crippen LogP contribution < -0.4 is 0 Å². The van der Waals surface area contributed by atoms with E-state index in [1.165, 1.54) is 24.8 Å². The largest absolute Gasteiger partial charge is 0.360 e. The number of benzene rings is 1. The highest BCUT2D eigenvalue weighted by atomic mass is 16.1. The molecular formula is C16H19NO. The van der Waals surface area contributed by atoms with Crippen molar-refractivity contribution in [3.8, 4) is 0 Å². The van der Waals surface area contributed by atoms with Gasteiger partial charge in [-0.2, -0.15) is 0 Å². The van der Waals surface area contributed by atoms with Gasteiger partial charge in [0.2, 0.25) is 0 Å². The van der Waals surface area contributed by atoms with Crippen molar-refractivity contribution in [3.63, 3.8) is 0 Å². The summed E-state index contributed by atoms with van der Waals surface area (Å²) >= 11 is 0. The SMILES string of the molecule is Cc1ccc2c(C(=O)C3CCCCC3)c[nH]c2c1. The van der Waals surface area contributed by atoms with Gasteiger partial charge in [-0.25, -0.2) is 0 Å². The lowest BCUT2D eigenvalue weighted by Crippen LogP contribution is -2.17. The molecule has 0 amide bonds. The molecule has 0 bridgehead atoms. The second-order valence-corrected chi connectivity index (χ2v) is 5.45. The highest BCUT2D eigenvalue weighted by Gasteiger charge is 2.24. The zero-order valence-corrected chi connectivity index (χ0v) is 10.8. The molecule has 2 nitrogen and oxygen atoms in total. The lowest BCUT2D eigenvalue weighted by Gasteiger charge is -2.19. The Balaban J connectivity index is 1.96. The fourth-order valence-corrected chi connectivity index (χ4v) is 3.03. The number of aromatic amines is 1. The highest BCUT2D eigenvalue weighted by molar-refractivity contribution is 6.08. The Kier molecular flexibility index (Phi) is 2.94. The number of Topliss-reactive ketones (excluding diaryl/α,β-unsaturated/α-hetero) is 1. The second-order valence-electron chi connectivity index (χ2n) is 5.45. The van der Waals surface area contributed by atoms with E-state index >= 15 is 0 Å². The number of aryl methyl sites for hydroxylation is 1. The standard InChI is InChI=1S/C16H19NO/c1-11-7-8-13-14(10-17-15(13)9-11)16(18)12-5-3-2-4-6-12/h7-10,12,17H,2-6H2,1H3. The molecule has 3 rings (SSSR count). The van der Waals surface area contributed by atoms with Gasteiger partial charge in [0.15, 0.2) is 5.78 Å². The Bertz CT molecular complexity index is 576. The maximum Gasteiger partial charge on any atom is 0.168 e. The number of H-pyrrole nitrogens is 1. The van der Waals surface area contributed by atoms with Crippen LogP contribution in [0.5, 0.6) is 0 Å². The smallest absolute Gasteiger partial charge is 0.168 e. The molecule has 0 saturated heterocycles. The topological polar surface area (TPSA) is 32.9 Å². The minimum absolute atomic E-state index is 0.249. The Morgan fingerprint density at radius 3 is 2.78 bits per heavy atom. The first-order valence-electron chi connectivity index (χ1n) is 6.87. The summed E-state index contributed by atoms with van der Waals surface area (Å²) in [6.45, 7) is 2.07. The van der Waals surface area contributed by atoms with Gasteiger partial charge >= 0.3 is 0 Å². The van der Waals surface area contributed by atoms with E-state index in [9.17, 15) is 4.79 Å². The summed E-state index contributed by atoms with van der Waals surface area (Å²) in [5, 5.41) is 1.08. The minimum atomic E-state index is 0.249. The van der Waals surface area contributed by atoms with Gasteiger partial charge in [0, 0.05) is 28.6 Å². The van der Waals surface area contributed by atoms with Crippen LogP contribution in [0.4, 0.5) is 0 Å². The molecule has 0 radical (unpaired) electrons. The summed E-state index contributed by atoms with van der Waals surface area (Å²) < 4.78 is 0. The molecule has 0 spiro atoms. The number of carbonyl (C=O) groups is 1. The van der Waals surface area contributed by atoms with Crippen molar-refractivity contribution in [1.82, 2.24) is 4.98 Å². The van der Waals surface area contributed by atoms with Crippen LogP contribution in [-0.4, -0.2) is 10.8 Å². The summed E-state index contributed by atoms with van der Waals surface area (Å²) in [4.78, 5) is 15.8. The summed E-state index contributed by atoms with van der Waals surface area (Å²) in [5.41, 5.74) is 3.19. The molecule has 1 heterocycles. The van der Waals surface area contributed by atoms with E-state index < -0.39 is 0 Å². The fraction of sp³-hybridized carbons (Fsp3) is 0.438. The Labute approximate surface area is 107 Å². The average Bonchev–Trinajstić information content (AvgIpc) is 2.81. The van der Waals surface area contributed by atoms with Gasteiger partial charge < -0.3 is 4.98 Å². The van der Waals surface area contributed by atoms with Gasteiger partial charge in [0.1, 0.15) is 0 Å². The average molecular weight is 241 g/mol. The monoisotopic (exact) mass is 241 g/mol. The van der Waals surface area contributed by atoms with Gasteiger partial charge in [-0.3, -0.25) is 4.79 Å². The maximum absolute atomic E-state index is 12.5. The number of hydrogen-bond acceptors (Lipinski definition) is 1. The van der Waals surface area contributed by atoms with E-state index in [4.69, 9.17) is 0 Å². The van der Waals surface area contributed by atoms with Crippen LogP contribution in [0.1, 0.15) is 48.0 Å². The molecule has 1 aliphatic carbocycles. The van der Waals surface area contributed by atoms with Crippen molar-refractivity contribution in [2.75, 3.05) is 0 Å². The normalized spacial score (nSPS) is 17.2. The third-order valence-corrected chi connectivity index (χ3v) is 4.08. The number of hydrogen-bond donors (Lipinski definition) is 1. The summed E-state index contributed by atoms with van der Waals surface area (Å²) in [7, 11) is 0. The summed E-state index contributed by atoms with van der Waals surface area (Å²) in [6, 6.07) is 6.25. The molecule has 0 unspecified atom stereocenters. The first-order valence-corrected chi connectivity index (χ1v) is 6.87. The molecule has 1 saturated carbocycles. The van der Waals surface area contributed by atoms with Crippen molar-refractivity contribution in [3.05, 3.63) is 35.5 Å². The van der Waals surface area contributed by atoms with E-state index in [0.29, 0.717) is 5.78 Å². The van der Waals surface area contributed by atoms with Crippen LogP contribution in [0.15, 0.2) is 24.4 Å². The molecule has 1 aromatic carbocycles. The quantitative estimate of drug-likeness (QED) is 0.784. The Hall–Kier alpha value is -1.57. The van der Waals surface area contributed by atoms with Gasteiger partial charge in [-0.1, -0.05) is 31.4 Å². The molecule has 1 aromatic heterocycles. The zero-order valence-electron chi connectivity index (χ0n) is 10.8. The first-order chi connectivity index (χ1) is 8.75. The molecule has 0 atom stereocenters. The van der Waals surface area contributed by atoms with Crippen molar-refractivity contribution < 1.29 is 4.79 Å². The molecule has 1 aliphatic rings. The van der Waals surface area contributed by atoms with Crippen LogP contribution in [0, 0.1) is 12.8 Å². The van der Waals surface area contributed by atoms with Gasteiger partial charge in [-0.15, -0.1) is 0 Å². The van der Waals surface area contributed by atoms with E-state index in [2.05, 4.69) is 30.1 Å². The van der Waals surface area contributed by atoms with Crippen LogP contribution in [0.25, 0.3) is 10.9 Å². The van der Waals surface area contributed by atoms with Crippen LogP contribution >= 0.6 is 0 Å². The first kappa shape index (κ1) is 11.5. The zero-order chi connectivity index (χ0) is 12.5. The Morgan fingerprint density at radius 1 is 1.22 bits per heavy atom. The van der Waals surface area contributed by atoms with Crippen molar-refractivity contribution >= 4 is 16.7 Å². The lowest BCUT2D eigenvalue weighted by molar-refractivity contribution is 0.0891. The van der Waals surface area contributed by atoms with E-state index in [0.717, 1.165) is 29.3 Å². The maximum atomic E-state index is 12.5. The van der Waals surface area contributed by atoms with E-state index in [1.54, 1.807) is 0 Å². The lowest BCUT2D eigenvalue weighted by atomic mass is 9.84. The number of aromatic nitrogens is 1. The van der Waals surface area contributed by atoms with Crippen molar-refractivity contribution in [2.24, 2.45) is 5.92 Å². The summed E-state index contributed by atoms with van der Waals surface area (Å²) in [5.74, 6) is 0.587. The van der Waals surface area contributed by atoms with Crippen LogP contribution in [0.2, 0.25) is 0 Å². The molecular weight excluding hydrogens is 222 g/mol. The van der Waals surface area contributed by atoms with Crippen molar-refractivity contribution in [1.29, 1.82) is 0 Å². The second kappa shape index (κ2) is 4.60. The number of rotatable bonds is 2. The number of nitrogens with one attached hydrogen (secondary N) is 1. The molecule has 94 valence electrons. The van der Waals surface area contributed by atoms with E-state index in [1.807, 2.05) is 6.20 Å². The van der Waals surface area contributed by atoms with Crippen molar-refractivity contribution in [2.45, 2.75) is 39.0 Å². The highest BCUT2D eigenvalue weighted by Crippen LogP contribution is 2.29. The third kappa shape index (κ3) is 1.96. The molecule has 0 aliphatic heterocycles. The Morgan fingerprint density at radius 2 is 2.00 bits per heavy atom. The molecule has 2 aromatic rings. The third-order valence-electron chi connectivity index (χ3n) is 4.08. The van der Waals surface area contributed by atoms with Gasteiger partial charge in [0.25, 0.3) is 0 Å². The van der Waals surface area contributed by atoms with Crippen LogP contribution in [-0.2, 0) is 0 Å². The molecule has 1 fully saturated rings. The fourth-order valence-electron chi connectivity index (χ4n) is 3.03. The molecule has 2 heteroatoms. The number of carbonyl (C=O) groups excluding carboxylic acids is 1. The van der Waals surface area contributed by atoms with Crippen LogP contribution in [0.3, 0.4) is 0 Å². The van der Waals surface area contributed by atoms with E-state index in [-0.39, 0.29) is 5.92 Å². The van der Waals surface area contributed by atoms with Gasteiger partial charge in [-0.05, 0) is 31.4 Å². The number of ketones is 1. The minimum Gasteiger partial charge on any atom is -0.360 e.